The first-order valence-electron chi connectivity index (χ1n) is 8.08. The first-order chi connectivity index (χ1) is 10.0. The van der Waals surface area contributed by atoms with Crippen LogP contribution in [0.4, 0.5) is 0 Å². The number of β-amino-alcohol motifs (C(OH)–C–C–N with tert-alkyl or cyclic N) is 1. The molecule has 0 saturated carbocycles. The molecule has 6 nitrogen and oxygen atoms in total. The summed E-state index contributed by atoms with van der Waals surface area (Å²) in [5.74, 6) is 0. The predicted octanol–water partition coefficient (Wildman–Crippen LogP) is -0.326. The minimum atomic E-state index is 0.247. The van der Waals surface area contributed by atoms with E-state index in [1.54, 1.807) is 0 Å². The summed E-state index contributed by atoms with van der Waals surface area (Å²) >= 11 is 0. The van der Waals surface area contributed by atoms with Crippen molar-refractivity contribution in [3.8, 4) is 0 Å². The Hall–Kier alpha value is -0.240. The van der Waals surface area contributed by atoms with Gasteiger partial charge in [-0.15, -0.1) is 0 Å². The van der Waals surface area contributed by atoms with Crippen LogP contribution in [0, 0.1) is 0 Å². The number of aliphatic hydroxyl groups excluding tert-OH is 1. The lowest BCUT2D eigenvalue weighted by Crippen LogP contribution is -2.56. The molecule has 21 heavy (non-hydrogen) atoms. The van der Waals surface area contributed by atoms with Crippen molar-refractivity contribution in [3.05, 3.63) is 0 Å². The zero-order valence-corrected chi connectivity index (χ0v) is 14.5. The molecule has 0 aromatic heterocycles. The van der Waals surface area contributed by atoms with E-state index in [0.717, 1.165) is 52.7 Å². The highest BCUT2D eigenvalue weighted by Crippen LogP contribution is 2.08. The van der Waals surface area contributed by atoms with Crippen molar-refractivity contribution in [2.24, 2.45) is 0 Å². The quantitative estimate of drug-likeness (QED) is 0.596. The Morgan fingerprint density at radius 1 is 0.714 bits per heavy atom. The Labute approximate surface area is 130 Å². The van der Waals surface area contributed by atoms with Crippen LogP contribution in [0.2, 0.25) is 0 Å². The second-order valence-corrected chi connectivity index (χ2v) is 6.64. The molecule has 1 N–H and O–H groups in total. The molecule has 6 heteroatoms. The van der Waals surface area contributed by atoms with Crippen molar-refractivity contribution in [2.45, 2.75) is 12.8 Å². The molecule has 0 aromatic rings. The molecular formula is C15H35N5O. The van der Waals surface area contributed by atoms with Gasteiger partial charge in [0.25, 0.3) is 0 Å². The molecule has 0 atom stereocenters. The largest absolute Gasteiger partial charge is 0.395 e. The van der Waals surface area contributed by atoms with Crippen LogP contribution in [-0.4, -0.2) is 117 Å². The predicted molar refractivity (Wildman–Crippen MR) is 88.1 cm³/mol. The SMILES string of the molecule is CN(C)CCCN1CN(CCO)CN(CCCN(C)C)C1. The Balaban J connectivity index is 2.36. The second kappa shape index (κ2) is 10.5. The molecule has 0 aliphatic carbocycles. The van der Waals surface area contributed by atoms with Crippen molar-refractivity contribution in [2.75, 3.05) is 87.5 Å². The van der Waals surface area contributed by atoms with Gasteiger partial charge in [-0.25, -0.2) is 0 Å². The van der Waals surface area contributed by atoms with E-state index in [1.807, 2.05) is 0 Å². The van der Waals surface area contributed by atoms with E-state index in [0.29, 0.717) is 0 Å². The average Bonchev–Trinajstić information content (AvgIpc) is 2.38. The average molecular weight is 301 g/mol. The van der Waals surface area contributed by atoms with Crippen molar-refractivity contribution in [1.29, 1.82) is 0 Å². The van der Waals surface area contributed by atoms with E-state index >= 15 is 0 Å². The van der Waals surface area contributed by atoms with Gasteiger partial charge in [-0.1, -0.05) is 0 Å². The summed E-state index contributed by atoms with van der Waals surface area (Å²) < 4.78 is 0. The van der Waals surface area contributed by atoms with E-state index in [2.05, 4.69) is 52.7 Å². The van der Waals surface area contributed by atoms with Crippen LogP contribution in [0.5, 0.6) is 0 Å². The summed E-state index contributed by atoms with van der Waals surface area (Å²) in [7, 11) is 8.51. The van der Waals surface area contributed by atoms with Crippen molar-refractivity contribution in [1.82, 2.24) is 24.5 Å². The Kier molecular flexibility index (Phi) is 9.39. The van der Waals surface area contributed by atoms with Gasteiger partial charge in [-0.05, 0) is 54.1 Å². The lowest BCUT2D eigenvalue weighted by atomic mass is 10.3. The molecule has 1 saturated heterocycles. The summed E-state index contributed by atoms with van der Waals surface area (Å²) in [4.78, 5) is 11.8. The van der Waals surface area contributed by atoms with Gasteiger partial charge in [0.15, 0.2) is 0 Å². The van der Waals surface area contributed by atoms with Crippen LogP contribution in [-0.2, 0) is 0 Å². The van der Waals surface area contributed by atoms with Gasteiger partial charge >= 0.3 is 0 Å². The number of hydrogen-bond donors (Lipinski definition) is 1. The molecule has 0 spiro atoms. The maximum Gasteiger partial charge on any atom is 0.0559 e. The minimum absolute atomic E-state index is 0.247. The minimum Gasteiger partial charge on any atom is -0.395 e. The molecule has 0 unspecified atom stereocenters. The van der Waals surface area contributed by atoms with E-state index in [-0.39, 0.29) is 6.61 Å². The fourth-order valence-corrected chi connectivity index (χ4v) is 2.77. The fraction of sp³-hybridized carbons (Fsp3) is 1.00. The fourth-order valence-electron chi connectivity index (χ4n) is 2.77. The van der Waals surface area contributed by atoms with Crippen LogP contribution >= 0.6 is 0 Å². The third-order valence-corrected chi connectivity index (χ3v) is 3.78. The number of aliphatic hydroxyl groups is 1. The maximum absolute atomic E-state index is 9.20. The number of rotatable bonds is 10. The standard InChI is InChI=1S/C15H35N5O/c1-16(2)7-5-9-18-13-19(10-6-8-17(3)4)15-20(14-18)11-12-21/h21H,5-15H2,1-4H3. The monoisotopic (exact) mass is 301 g/mol. The van der Waals surface area contributed by atoms with E-state index in [9.17, 15) is 5.11 Å². The molecule has 1 heterocycles. The van der Waals surface area contributed by atoms with Gasteiger partial charge in [0.2, 0.25) is 0 Å². The van der Waals surface area contributed by atoms with E-state index in [4.69, 9.17) is 0 Å². The molecule has 1 aliphatic rings. The normalized spacial score (nSPS) is 19.0. The van der Waals surface area contributed by atoms with Gasteiger partial charge in [0, 0.05) is 19.6 Å². The molecule has 0 bridgehead atoms. The highest BCUT2D eigenvalue weighted by molar-refractivity contribution is 4.70. The van der Waals surface area contributed by atoms with Gasteiger partial charge in [0.1, 0.15) is 0 Å². The maximum atomic E-state index is 9.20. The number of nitrogens with zero attached hydrogens (tertiary/aromatic N) is 5. The third-order valence-electron chi connectivity index (χ3n) is 3.78. The van der Waals surface area contributed by atoms with Crippen LogP contribution in [0.25, 0.3) is 0 Å². The molecule has 1 rings (SSSR count). The summed E-state index contributed by atoms with van der Waals surface area (Å²) in [6.07, 6.45) is 2.40. The van der Waals surface area contributed by atoms with Crippen LogP contribution in [0.1, 0.15) is 12.8 Å². The van der Waals surface area contributed by atoms with Crippen LogP contribution < -0.4 is 0 Å². The third kappa shape index (κ3) is 8.70. The smallest absolute Gasteiger partial charge is 0.0559 e. The Morgan fingerprint density at radius 3 is 1.43 bits per heavy atom. The zero-order valence-electron chi connectivity index (χ0n) is 14.5. The lowest BCUT2D eigenvalue weighted by molar-refractivity contribution is -0.0365. The van der Waals surface area contributed by atoms with Gasteiger partial charge in [-0.3, -0.25) is 14.7 Å². The van der Waals surface area contributed by atoms with Crippen LogP contribution in [0.3, 0.4) is 0 Å². The van der Waals surface area contributed by atoms with E-state index in [1.165, 1.54) is 12.8 Å². The summed E-state index contributed by atoms with van der Waals surface area (Å²) in [6, 6.07) is 0. The number of hydrogen-bond acceptors (Lipinski definition) is 6. The molecule has 0 radical (unpaired) electrons. The van der Waals surface area contributed by atoms with Crippen molar-refractivity contribution >= 4 is 0 Å². The molecule has 0 aromatic carbocycles. The Morgan fingerprint density at radius 2 is 1.10 bits per heavy atom. The summed E-state index contributed by atoms with van der Waals surface area (Å²) in [6.45, 7) is 8.58. The Bertz CT molecular complexity index is 240. The zero-order chi connectivity index (χ0) is 15.7. The molecular weight excluding hydrogens is 266 g/mol. The van der Waals surface area contributed by atoms with Gasteiger partial charge < -0.3 is 14.9 Å². The summed E-state index contributed by atoms with van der Waals surface area (Å²) in [5, 5.41) is 9.20. The van der Waals surface area contributed by atoms with Crippen molar-refractivity contribution in [3.63, 3.8) is 0 Å². The molecule has 1 fully saturated rings. The van der Waals surface area contributed by atoms with E-state index < -0.39 is 0 Å². The first-order valence-corrected chi connectivity index (χ1v) is 8.08. The first kappa shape index (κ1) is 18.8. The topological polar surface area (TPSA) is 36.4 Å². The second-order valence-electron chi connectivity index (χ2n) is 6.64. The van der Waals surface area contributed by atoms with Crippen LogP contribution in [0.15, 0.2) is 0 Å². The molecule has 126 valence electrons. The molecule has 0 amide bonds. The lowest BCUT2D eigenvalue weighted by Gasteiger charge is -2.42. The summed E-state index contributed by atoms with van der Waals surface area (Å²) in [5.41, 5.74) is 0. The van der Waals surface area contributed by atoms with Gasteiger partial charge in [-0.2, -0.15) is 0 Å². The molecule has 1 aliphatic heterocycles. The highest BCUT2D eigenvalue weighted by atomic mass is 16.3. The van der Waals surface area contributed by atoms with Crippen molar-refractivity contribution < 1.29 is 5.11 Å². The van der Waals surface area contributed by atoms with Gasteiger partial charge in [0.05, 0.1) is 26.6 Å². The highest BCUT2D eigenvalue weighted by Gasteiger charge is 2.22.